The van der Waals surface area contributed by atoms with E-state index in [-0.39, 0.29) is 17.3 Å². The van der Waals surface area contributed by atoms with E-state index < -0.39 is 0 Å². The molecule has 4 atom stereocenters. The fourth-order valence-electron chi connectivity index (χ4n) is 3.70. The van der Waals surface area contributed by atoms with Crippen LogP contribution in [0, 0.1) is 9.49 Å². The second kappa shape index (κ2) is 5.91. The summed E-state index contributed by atoms with van der Waals surface area (Å²) in [6.07, 6.45) is 2.34. The van der Waals surface area contributed by atoms with Crippen LogP contribution >= 0.6 is 45.2 Å². The van der Waals surface area contributed by atoms with E-state index in [9.17, 15) is 0 Å². The molecule has 0 N–H and O–H groups in total. The van der Waals surface area contributed by atoms with E-state index in [1.165, 1.54) is 9.13 Å². The lowest BCUT2D eigenvalue weighted by molar-refractivity contribution is -0.0954. The van der Waals surface area contributed by atoms with E-state index in [2.05, 4.69) is 90.2 Å². The van der Waals surface area contributed by atoms with Crippen LogP contribution in [0.2, 0.25) is 0 Å². The zero-order valence-electron chi connectivity index (χ0n) is 12.7. The van der Waals surface area contributed by atoms with Gasteiger partial charge in [-0.25, -0.2) is 0 Å². The monoisotopic (exact) mass is 512 g/mol. The van der Waals surface area contributed by atoms with E-state index in [4.69, 9.17) is 9.47 Å². The lowest BCUT2D eigenvalue weighted by Crippen LogP contribution is -2.44. The number of benzene rings is 1. The lowest BCUT2D eigenvalue weighted by atomic mass is 9.75. The van der Waals surface area contributed by atoms with Crippen molar-refractivity contribution in [3.8, 4) is 0 Å². The van der Waals surface area contributed by atoms with Crippen LogP contribution in [-0.4, -0.2) is 21.2 Å². The Kier molecular flexibility index (Phi) is 4.63. The molecular weight excluding hydrogens is 490 g/mol. The Morgan fingerprint density at radius 3 is 2.67 bits per heavy atom. The van der Waals surface area contributed by atoms with Crippen LogP contribution in [0.5, 0.6) is 0 Å². The Morgan fingerprint density at radius 1 is 1.33 bits per heavy atom. The molecule has 2 aliphatic heterocycles. The predicted molar refractivity (Wildman–Crippen MR) is 102 cm³/mol. The third-order valence-electron chi connectivity index (χ3n) is 5.10. The minimum atomic E-state index is -0.115. The van der Waals surface area contributed by atoms with E-state index in [0.29, 0.717) is 16.4 Å². The van der Waals surface area contributed by atoms with Gasteiger partial charge < -0.3 is 9.47 Å². The minimum absolute atomic E-state index is 0.00379. The summed E-state index contributed by atoms with van der Waals surface area (Å²) in [4.78, 5) is 0. The van der Waals surface area contributed by atoms with Crippen molar-refractivity contribution in [1.82, 2.24) is 0 Å². The van der Waals surface area contributed by atoms with Crippen molar-refractivity contribution in [3.05, 3.63) is 33.4 Å². The van der Waals surface area contributed by atoms with Crippen molar-refractivity contribution in [2.75, 3.05) is 0 Å². The van der Waals surface area contributed by atoms with Gasteiger partial charge in [-0.05, 0) is 53.5 Å². The van der Waals surface area contributed by atoms with Gasteiger partial charge in [0.1, 0.15) is 0 Å². The molecule has 0 aromatic heterocycles. The van der Waals surface area contributed by atoms with Gasteiger partial charge in [-0.1, -0.05) is 54.6 Å². The average Bonchev–Trinajstić information content (AvgIpc) is 2.86. The highest BCUT2D eigenvalue weighted by Gasteiger charge is 2.65. The van der Waals surface area contributed by atoms with Gasteiger partial charge in [0, 0.05) is 13.9 Å². The van der Waals surface area contributed by atoms with Gasteiger partial charge in [0.2, 0.25) is 0 Å². The third-order valence-corrected chi connectivity index (χ3v) is 7.65. The Bertz CT molecular complexity index is 533. The summed E-state index contributed by atoms with van der Waals surface area (Å²) in [5.74, 6) is 0.534. The summed E-state index contributed by atoms with van der Waals surface area (Å²) >= 11 is 4.95. The van der Waals surface area contributed by atoms with Crippen molar-refractivity contribution in [1.29, 1.82) is 0 Å². The quantitative estimate of drug-likeness (QED) is 0.420. The van der Waals surface area contributed by atoms with Crippen LogP contribution in [-0.2, 0) is 16.1 Å². The van der Waals surface area contributed by atoms with Gasteiger partial charge in [-0.2, -0.15) is 0 Å². The Labute approximate surface area is 154 Å². The molecule has 21 heavy (non-hydrogen) atoms. The average molecular weight is 512 g/mol. The minimum Gasteiger partial charge on any atom is -0.370 e. The number of fused-ring (bicyclic) bond motifs is 2. The highest BCUT2D eigenvalue weighted by Crippen LogP contribution is 2.57. The molecule has 116 valence electrons. The number of hydrogen-bond acceptors (Lipinski definition) is 2. The summed E-state index contributed by atoms with van der Waals surface area (Å²) in [5, 5.41) is 0. The molecule has 1 aromatic carbocycles. The van der Waals surface area contributed by atoms with E-state index >= 15 is 0 Å². The van der Waals surface area contributed by atoms with Crippen molar-refractivity contribution in [3.63, 3.8) is 0 Å². The largest absolute Gasteiger partial charge is 0.370 e. The van der Waals surface area contributed by atoms with Gasteiger partial charge in [-0.3, -0.25) is 0 Å². The van der Waals surface area contributed by atoms with Crippen LogP contribution in [0.4, 0.5) is 0 Å². The molecule has 0 unspecified atom stereocenters. The van der Waals surface area contributed by atoms with Crippen molar-refractivity contribution >= 4 is 45.2 Å². The first-order valence-corrected chi connectivity index (χ1v) is 9.89. The molecule has 0 radical (unpaired) electrons. The molecular formula is C17H22I2O2. The maximum absolute atomic E-state index is 6.52. The molecule has 0 spiro atoms. The zero-order valence-corrected chi connectivity index (χ0v) is 17.1. The predicted octanol–water partition coefficient (Wildman–Crippen LogP) is 4.96. The Morgan fingerprint density at radius 2 is 2.05 bits per heavy atom. The normalized spacial score (nSPS) is 38.4. The van der Waals surface area contributed by atoms with Gasteiger partial charge in [0.05, 0.1) is 23.9 Å². The van der Waals surface area contributed by atoms with E-state index in [0.717, 1.165) is 12.8 Å². The highest BCUT2D eigenvalue weighted by molar-refractivity contribution is 14.1. The second-order valence-corrected chi connectivity index (χ2v) is 9.46. The summed E-state index contributed by atoms with van der Waals surface area (Å²) in [5.41, 5.74) is 1.16. The smallest absolute Gasteiger partial charge is 0.0935 e. The fourth-order valence-corrected chi connectivity index (χ4v) is 6.22. The van der Waals surface area contributed by atoms with Crippen LogP contribution in [0.25, 0.3) is 0 Å². The van der Waals surface area contributed by atoms with Crippen molar-refractivity contribution in [2.45, 2.75) is 61.5 Å². The van der Waals surface area contributed by atoms with Gasteiger partial charge in [0.25, 0.3) is 0 Å². The molecule has 4 heteroatoms. The van der Waals surface area contributed by atoms with E-state index in [1.807, 2.05) is 0 Å². The molecule has 2 heterocycles. The molecule has 1 aromatic rings. The third kappa shape index (κ3) is 2.78. The van der Waals surface area contributed by atoms with Crippen LogP contribution < -0.4 is 0 Å². The van der Waals surface area contributed by atoms with Gasteiger partial charge in [0.15, 0.2) is 0 Å². The van der Waals surface area contributed by atoms with Gasteiger partial charge >= 0.3 is 0 Å². The Balaban J connectivity index is 1.73. The van der Waals surface area contributed by atoms with Crippen molar-refractivity contribution in [2.24, 2.45) is 5.92 Å². The summed E-state index contributed by atoms with van der Waals surface area (Å²) in [6, 6.07) is 8.43. The number of rotatable bonds is 4. The first kappa shape index (κ1) is 16.5. The van der Waals surface area contributed by atoms with Crippen molar-refractivity contribution < 1.29 is 9.47 Å². The SMILES string of the molecule is CC(C)[C@]12C[C@@H](OCc3ccccc3I)[C@](C)(C[C@@H]1I)O2. The molecule has 2 aliphatic rings. The maximum Gasteiger partial charge on any atom is 0.0935 e. The van der Waals surface area contributed by atoms with Crippen LogP contribution in [0.3, 0.4) is 0 Å². The maximum atomic E-state index is 6.52. The van der Waals surface area contributed by atoms with Gasteiger partial charge in [-0.15, -0.1) is 0 Å². The van der Waals surface area contributed by atoms with Crippen LogP contribution in [0.1, 0.15) is 39.2 Å². The molecule has 2 fully saturated rings. The second-order valence-electron chi connectivity index (χ2n) is 6.79. The molecule has 2 bridgehead atoms. The molecule has 3 rings (SSSR count). The fraction of sp³-hybridized carbons (Fsp3) is 0.647. The highest BCUT2D eigenvalue weighted by atomic mass is 127. The zero-order chi connectivity index (χ0) is 15.3. The standard InChI is InChI=1S/C17H22I2O2/c1-11(2)17-9-15(16(3,21-17)8-14(17)19)20-10-12-6-4-5-7-13(12)18/h4-7,11,14-15H,8-10H2,1-3H3/t14-,15+,16-,17+/m0/s1. The summed E-state index contributed by atoms with van der Waals surface area (Å²) in [7, 11) is 0. The summed E-state index contributed by atoms with van der Waals surface area (Å²) < 4.78 is 14.7. The molecule has 2 nitrogen and oxygen atoms in total. The molecule has 2 saturated heterocycles. The first-order chi connectivity index (χ1) is 9.87. The molecule has 0 amide bonds. The molecule has 0 aliphatic carbocycles. The van der Waals surface area contributed by atoms with Crippen LogP contribution in [0.15, 0.2) is 24.3 Å². The number of hydrogen-bond donors (Lipinski definition) is 0. The first-order valence-electron chi connectivity index (χ1n) is 7.57. The lowest BCUT2D eigenvalue weighted by Gasteiger charge is -2.35. The topological polar surface area (TPSA) is 18.5 Å². The number of alkyl halides is 1. The Hall–Kier alpha value is 0.600. The number of halogens is 2. The van der Waals surface area contributed by atoms with E-state index in [1.54, 1.807) is 0 Å². The molecule has 0 saturated carbocycles. The number of ether oxygens (including phenoxy) is 2. The summed E-state index contributed by atoms with van der Waals surface area (Å²) in [6.45, 7) is 7.47.